The van der Waals surface area contributed by atoms with Crippen LogP contribution in [0.3, 0.4) is 0 Å². The van der Waals surface area contributed by atoms with Crippen LogP contribution in [0.15, 0.2) is 97.1 Å². The van der Waals surface area contributed by atoms with Gasteiger partial charge in [0.2, 0.25) is 11.8 Å². The highest BCUT2D eigenvalue weighted by molar-refractivity contribution is 6.36. The van der Waals surface area contributed by atoms with E-state index in [0.29, 0.717) is 29.3 Å². The number of amides is 3. The number of para-hydroxylation sites is 3. The summed E-state index contributed by atoms with van der Waals surface area (Å²) in [5, 5.41) is 4.18. The van der Waals surface area contributed by atoms with Gasteiger partial charge in [0.25, 0.3) is 5.91 Å². The molecule has 0 radical (unpaired) electrons. The normalized spacial score (nSPS) is 15.9. The van der Waals surface area contributed by atoms with Crippen LogP contribution in [0.1, 0.15) is 45.6 Å². The third-order valence-electron chi connectivity index (χ3n) is 8.80. The van der Waals surface area contributed by atoms with Crippen molar-refractivity contribution in [2.75, 3.05) is 16.3 Å². The SMILES string of the molecule is CCCC(C(N)=O)C(CC(C)C)C(=O)NC1CN(c2ccccc2)c2ccccc2N(Cc2cccc(-c3ccc(Cl)cc3Cl)c2)C1=O. The van der Waals surface area contributed by atoms with E-state index in [1.165, 1.54) is 0 Å². The van der Waals surface area contributed by atoms with Gasteiger partial charge < -0.3 is 20.9 Å². The van der Waals surface area contributed by atoms with Crippen LogP contribution in [-0.4, -0.2) is 30.3 Å². The number of carbonyl (C=O) groups excluding carboxylic acids is 3. The Bertz CT molecular complexity index is 1760. The lowest BCUT2D eigenvalue weighted by Gasteiger charge is -2.30. The average molecular weight is 686 g/mol. The maximum absolute atomic E-state index is 14.7. The molecule has 1 aliphatic heterocycles. The number of benzene rings is 4. The van der Waals surface area contributed by atoms with Gasteiger partial charge in [0.1, 0.15) is 6.04 Å². The molecule has 4 aromatic carbocycles. The zero-order chi connectivity index (χ0) is 34.4. The van der Waals surface area contributed by atoms with Crippen molar-refractivity contribution in [1.29, 1.82) is 0 Å². The zero-order valence-corrected chi connectivity index (χ0v) is 29.0. The summed E-state index contributed by atoms with van der Waals surface area (Å²) in [5.74, 6) is -2.21. The quantitative estimate of drug-likeness (QED) is 0.157. The Morgan fingerprint density at radius 2 is 1.60 bits per heavy atom. The van der Waals surface area contributed by atoms with Crippen molar-refractivity contribution in [3.8, 4) is 11.1 Å². The molecule has 0 fully saturated rings. The maximum atomic E-state index is 14.7. The molecule has 3 N–H and O–H groups in total. The Balaban J connectivity index is 1.56. The molecule has 3 amide bonds. The highest BCUT2D eigenvalue weighted by atomic mass is 35.5. The van der Waals surface area contributed by atoms with Crippen LogP contribution in [0.2, 0.25) is 10.0 Å². The van der Waals surface area contributed by atoms with E-state index in [1.807, 2.05) is 106 Å². The lowest BCUT2D eigenvalue weighted by atomic mass is 9.81. The van der Waals surface area contributed by atoms with E-state index < -0.39 is 23.8 Å². The molecular formula is C39H42Cl2N4O3. The molecule has 4 aromatic rings. The minimum Gasteiger partial charge on any atom is -0.369 e. The van der Waals surface area contributed by atoms with E-state index in [0.717, 1.165) is 33.8 Å². The third-order valence-corrected chi connectivity index (χ3v) is 9.35. The van der Waals surface area contributed by atoms with Crippen LogP contribution in [0.5, 0.6) is 0 Å². The molecule has 48 heavy (non-hydrogen) atoms. The Hall–Kier alpha value is -4.33. The second kappa shape index (κ2) is 15.7. The van der Waals surface area contributed by atoms with Crippen molar-refractivity contribution in [2.45, 2.75) is 52.6 Å². The Labute approximate surface area is 293 Å². The number of rotatable bonds is 12. The number of primary amides is 1. The predicted octanol–water partition coefficient (Wildman–Crippen LogP) is 8.39. The molecule has 3 unspecified atom stereocenters. The smallest absolute Gasteiger partial charge is 0.251 e. The van der Waals surface area contributed by atoms with Gasteiger partial charge in [-0.2, -0.15) is 0 Å². The summed E-state index contributed by atoms with van der Waals surface area (Å²) in [6, 6.07) is 29.9. The first kappa shape index (κ1) is 35.0. The van der Waals surface area contributed by atoms with Gasteiger partial charge in [0.15, 0.2) is 0 Å². The van der Waals surface area contributed by atoms with Crippen LogP contribution in [-0.2, 0) is 20.9 Å². The number of nitrogens with two attached hydrogens (primary N) is 1. The number of hydrogen-bond acceptors (Lipinski definition) is 4. The van der Waals surface area contributed by atoms with E-state index in [1.54, 1.807) is 17.0 Å². The van der Waals surface area contributed by atoms with Crippen LogP contribution in [0.4, 0.5) is 17.1 Å². The molecule has 1 heterocycles. The third kappa shape index (κ3) is 8.03. The van der Waals surface area contributed by atoms with Gasteiger partial charge in [0.05, 0.1) is 24.5 Å². The first-order valence-corrected chi connectivity index (χ1v) is 17.2. The molecule has 0 aliphatic carbocycles. The van der Waals surface area contributed by atoms with Gasteiger partial charge in [0, 0.05) is 33.1 Å². The maximum Gasteiger partial charge on any atom is 0.251 e. The summed E-state index contributed by atoms with van der Waals surface area (Å²) in [6.45, 7) is 6.45. The van der Waals surface area contributed by atoms with Crippen molar-refractivity contribution in [2.24, 2.45) is 23.5 Å². The fraction of sp³-hybridized carbons (Fsp3) is 0.308. The zero-order valence-electron chi connectivity index (χ0n) is 27.5. The highest BCUT2D eigenvalue weighted by Gasteiger charge is 2.39. The minimum atomic E-state index is -0.913. The standard InChI is InChI=1S/C39H42Cl2N4O3/c1-4-11-31(37(42)46)32(20-25(2)3)38(47)43-34-24-44(29-14-6-5-7-15-29)35-16-8-9-17-36(35)45(39(34)48)23-26-12-10-13-27(21-26)30-19-18-28(40)22-33(30)41/h5-10,12-19,21-22,25,31-32,34H,4,11,20,23-24H2,1-3H3,(H2,42,46)(H,43,47). The Kier molecular flexibility index (Phi) is 11.5. The number of nitrogens with zero attached hydrogens (tertiary/aromatic N) is 2. The molecule has 9 heteroatoms. The molecule has 7 nitrogen and oxygen atoms in total. The molecule has 0 spiro atoms. The highest BCUT2D eigenvalue weighted by Crippen LogP contribution is 2.39. The number of hydrogen-bond donors (Lipinski definition) is 2. The second-order valence-electron chi connectivity index (χ2n) is 12.8. The van der Waals surface area contributed by atoms with Gasteiger partial charge in [-0.3, -0.25) is 14.4 Å². The first-order chi connectivity index (χ1) is 23.1. The number of carbonyl (C=O) groups is 3. The van der Waals surface area contributed by atoms with E-state index >= 15 is 0 Å². The fourth-order valence-electron chi connectivity index (χ4n) is 6.55. The number of nitrogens with one attached hydrogen (secondary N) is 1. The van der Waals surface area contributed by atoms with Crippen molar-refractivity contribution in [3.05, 3.63) is 113 Å². The average Bonchev–Trinajstić information content (AvgIpc) is 3.17. The lowest BCUT2D eigenvalue weighted by molar-refractivity contribution is -0.136. The number of anilines is 3. The molecule has 1 aliphatic rings. The Morgan fingerprint density at radius 3 is 2.27 bits per heavy atom. The molecule has 3 atom stereocenters. The molecule has 5 rings (SSSR count). The summed E-state index contributed by atoms with van der Waals surface area (Å²) in [6.07, 6.45) is 1.69. The minimum absolute atomic E-state index is 0.146. The van der Waals surface area contributed by atoms with E-state index in [-0.39, 0.29) is 30.8 Å². The number of halogens is 2. The van der Waals surface area contributed by atoms with E-state index in [9.17, 15) is 14.4 Å². The molecule has 0 saturated carbocycles. The van der Waals surface area contributed by atoms with Gasteiger partial charge in [-0.15, -0.1) is 0 Å². The van der Waals surface area contributed by atoms with Crippen molar-refractivity contribution < 1.29 is 14.4 Å². The molecule has 0 bridgehead atoms. The van der Waals surface area contributed by atoms with E-state index in [2.05, 4.69) is 10.2 Å². The second-order valence-corrected chi connectivity index (χ2v) is 13.6. The molecule has 0 aromatic heterocycles. The van der Waals surface area contributed by atoms with Gasteiger partial charge >= 0.3 is 0 Å². The summed E-state index contributed by atoms with van der Waals surface area (Å²) in [4.78, 5) is 45.2. The first-order valence-electron chi connectivity index (χ1n) is 16.4. The largest absolute Gasteiger partial charge is 0.369 e. The molecule has 0 saturated heterocycles. The van der Waals surface area contributed by atoms with Crippen LogP contribution >= 0.6 is 23.2 Å². The number of fused-ring (bicyclic) bond motifs is 1. The van der Waals surface area contributed by atoms with E-state index in [4.69, 9.17) is 28.9 Å². The summed E-state index contributed by atoms with van der Waals surface area (Å²) < 4.78 is 0. The monoisotopic (exact) mass is 684 g/mol. The molecular weight excluding hydrogens is 643 g/mol. The summed E-state index contributed by atoms with van der Waals surface area (Å²) in [7, 11) is 0. The van der Waals surface area contributed by atoms with Crippen LogP contribution in [0, 0.1) is 17.8 Å². The summed E-state index contributed by atoms with van der Waals surface area (Å²) in [5.41, 5.74) is 10.9. The fourth-order valence-corrected chi connectivity index (χ4v) is 7.06. The lowest BCUT2D eigenvalue weighted by Crippen LogP contribution is -2.54. The van der Waals surface area contributed by atoms with Crippen molar-refractivity contribution >= 4 is 58.0 Å². The van der Waals surface area contributed by atoms with Gasteiger partial charge in [-0.05, 0) is 72.4 Å². The molecule has 250 valence electrons. The topological polar surface area (TPSA) is 95.7 Å². The van der Waals surface area contributed by atoms with Crippen molar-refractivity contribution in [3.63, 3.8) is 0 Å². The van der Waals surface area contributed by atoms with Crippen molar-refractivity contribution in [1.82, 2.24) is 5.32 Å². The Morgan fingerprint density at radius 1 is 0.896 bits per heavy atom. The van der Waals surface area contributed by atoms with Crippen LogP contribution < -0.4 is 20.9 Å². The predicted molar refractivity (Wildman–Crippen MR) is 195 cm³/mol. The van der Waals surface area contributed by atoms with Gasteiger partial charge in [-0.25, -0.2) is 0 Å². The summed E-state index contributed by atoms with van der Waals surface area (Å²) >= 11 is 12.7. The van der Waals surface area contributed by atoms with Gasteiger partial charge in [-0.1, -0.05) is 105 Å². The van der Waals surface area contributed by atoms with Crippen LogP contribution in [0.25, 0.3) is 11.1 Å².